The van der Waals surface area contributed by atoms with Crippen LogP contribution in [0.1, 0.15) is 41.5 Å². The number of aliphatic imine (C=N–C) groups is 1. The van der Waals surface area contributed by atoms with E-state index in [0.717, 1.165) is 0 Å². The monoisotopic (exact) mass is 373 g/mol. The van der Waals surface area contributed by atoms with E-state index in [4.69, 9.17) is 9.47 Å². The molecule has 0 unspecified atom stereocenters. The van der Waals surface area contributed by atoms with Gasteiger partial charge >= 0.3 is 12.2 Å². The topological polar surface area (TPSA) is 104 Å². The molecule has 0 saturated carbocycles. The number of alkyl carbamates (subject to hydrolysis) is 1. The number of ether oxygens (including phenoxy) is 2. The third-order valence-electron chi connectivity index (χ3n) is 2.75. The summed E-state index contributed by atoms with van der Waals surface area (Å²) < 4.78 is 10.4. The van der Waals surface area contributed by atoms with Crippen LogP contribution < -0.4 is 16.0 Å². The van der Waals surface area contributed by atoms with Crippen LogP contribution in [-0.2, 0) is 9.47 Å². The predicted molar refractivity (Wildman–Crippen MR) is 102 cm³/mol. The van der Waals surface area contributed by atoms with Crippen molar-refractivity contribution in [2.24, 2.45) is 4.99 Å². The second kappa shape index (κ2) is 10.7. The van der Waals surface area contributed by atoms with Crippen LogP contribution in [0.4, 0.5) is 9.59 Å². The molecule has 3 N–H and O–H groups in total. The summed E-state index contributed by atoms with van der Waals surface area (Å²) in [5, 5.41) is 8.81. The van der Waals surface area contributed by atoms with E-state index in [-0.39, 0.29) is 6.09 Å². The number of nitrogens with zero attached hydrogens (tertiary/aromatic N) is 2. The number of likely N-dealkylation sites (N-methyl/N-ethyl adjacent to an activating group) is 1. The molecule has 0 bridgehead atoms. The summed E-state index contributed by atoms with van der Waals surface area (Å²) in [6, 6.07) is 0. The lowest BCUT2D eigenvalue weighted by Gasteiger charge is -2.25. The zero-order valence-corrected chi connectivity index (χ0v) is 17.4. The van der Waals surface area contributed by atoms with Gasteiger partial charge in [0.1, 0.15) is 11.2 Å². The molecule has 0 fully saturated rings. The molecule has 0 radical (unpaired) electrons. The van der Waals surface area contributed by atoms with Gasteiger partial charge in [-0.2, -0.15) is 0 Å². The lowest BCUT2D eigenvalue weighted by atomic mass is 10.2. The highest BCUT2D eigenvalue weighted by Crippen LogP contribution is 2.08. The lowest BCUT2D eigenvalue weighted by molar-refractivity contribution is 0.0301. The number of hydrogen-bond acceptors (Lipinski definition) is 5. The Kier molecular flexibility index (Phi) is 9.82. The summed E-state index contributed by atoms with van der Waals surface area (Å²) in [6.45, 7) is 12.8. The molecule has 0 atom stereocenters. The van der Waals surface area contributed by atoms with Crippen molar-refractivity contribution in [3.63, 3.8) is 0 Å². The van der Waals surface area contributed by atoms with Crippen LogP contribution in [0.15, 0.2) is 4.99 Å². The maximum absolute atomic E-state index is 11.9. The fraction of sp³-hybridized carbons (Fsp3) is 0.824. The van der Waals surface area contributed by atoms with E-state index in [1.807, 2.05) is 41.5 Å². The Hall–Kier alpha value is -2.19. The maximum Gasteiger partial charge on any atom is 0.410 e. The molecular weight excluding hydrogens is 338 g/mol. The van der Waals surface area contributed by atoms with Gasteiger partial charge < -0.3 is 30.3 Å². The van der Waals surface area contributed by atoms with Gasteiger partial charge in [0.25, 0.3) is 0 Å². The average molecular weight is 373 g/mol. The number of guanidine groups is 1. The van der Waals surface area contributed by atoms with Crippen LogP contribution in [0.3, 0.4) is 0 Å². The van der Waals surface area contributed by atoms with Crippen molar-refractivity contribution in [2.45, 2.75) is 52.7 Å². The van der Waals surface area contributed by atoms with E-state index in [1.165, 1.54) is 4.90 Å². The SMILES string of the molecule is CN=C(NCCNC(=O)OC(C)(C)C)NCCN(C)C(=O)OC(C)(C)C. The molecule has 2 amide bonds. The average Bonchev–Trinajstić information content (AvgIpc) is 2.45. The minimum absolute atomic E-state index is 0.371. The number of hydrogen-bond donors (Lipinski definition) is 3. The summed E-state index contributed by atoms with van der Waals surface area (Å²) in [6.07, 6.45) is -0.829. The fourth-order valence-corrected chi connectivity index (χ4v) is 1.65. The van der Waals surface area contributed by atoms with E-state index in [9.17, 15) is 9.59 Å². The lowest BCUT2D eigenvalue weighted by Crippen LogP contribution is -2.45. The van der Waals surface area contributed by atoms with Crippen molar-refractivity contribution in [2.75, 3.05) is 40.3 Å². The summed E-state index contributed by atoms with van der Waals surface area (Å²) in [4.78, 5) is 29.0. The van der Waals surface area contributed by atoms with E-state index < -0.39 is 17.3 Å². The number of carbonyl (C=O) groups excluding carboxylic acids is 2. The van der Waals surface area contributed by atoms with Gasteiger partial charge in [-0.15, -0.1) is 0 Å². The summed E-state index contributed by atoms with van der Waals surface area (Å²) in [5.41, 5.74) is -1.03. The van der Waals surface area contributed by atoms with Gasteiger partial charge in [0.15, 0.2) is 5.96 Å². The predicted octanol–water partition coefficient (Wildman–Crippen LogP) is 1.54. The van der Waals surface area contributed by atoms with Crippen molar-refractivity contribution in [1.29, 1.82) is 0 Å². The highest BCUT2D eigenvalue weighted by molar-refractivity contribution is 5.79. The molecule has 0 aromatic rings. The van der Waals surface area contributed by atoms with E-state index in [2.05, 4.69) is 20.9 Å². The van der Waals surface area contributed by atoms with E-state index in [0.29, 0.717) is 32.1 Å². The highest BCUT2D eigenvalue weighted by Gasteiger charge is 2.19. The summed E-state index contributed by atoms with van der Waals surface area (Å²) in [7, 11) is 3.32. The van der Waals surface area contributed by atoms with Gasteiger partial charge in [0.05, 0.1) is 0 Å². The molecule has 0 rings (SSSR count). The zero-order valence-electron chi connectivity index (χ0n) is 17.4. The Morgan fingerprint density at radius 1 is 0.885 bits per heavy atom. The minimum Gasteiger partial charge on any atom is -0.444 e. The van der Waals surface area contributed by atoms with Crippen molar-refractivity contribution >= 4 is 18.1 Å². The molecule has 26 heavy (non-hydrogen) atoms. The molecule has 0 aliphatic rings. The highest BCUT2D eigenvalue weighted by atomic mass is 16.6. The molecular formula is C17H35N5O4. The summed E-state index contributed by atoms with van der Waals surface area (Å²) in [5.74, 6) is 0.577. The van der Waals surface area contributed by atoms with Crippen LogP contribution in [0.25, 0.3) is 0 Å². The molecule has 0 aliphatic heterocycles. The smallest absolute Gasteiger partial charge is 0.410 e. The number of nitrogens with one attached hydrogen (secondary N) is 3. The molecule has 0 aliphatic carbocycles. The van der Waals surface area contributed by atoms with Gasteiger partial charge in [-0.05, 0) is 41.5 Å². The van der Waals surface area contributed by atoms with Crippen LogP contribution >= 0.6 is 0 Å². The summed E-state index contributed by atoms with van der Waals surface area (Å²) >= 11 is 0. The first-order chi connectivity index (χ1) is 11.8. The van der Waals surface area contributed by atoms with Crippen molar-refractivity contribution in [3.8, 4) is 0 Å². The standard InChI is InChI=1S/C17H35N5O4/c1-16(2,3)25-14(23)21-10-9-19-13(18-7)20-11-12-22(8)15(24)26-17(4,5)6/h9-12H2,1-8H3,(H,21,23)(H2,18,19,20). The molecule has 9 heteroatoms. The van der Waals surface area contributed by atoms with Gasteiger partial charge in [0, 0.05) is 40.3 Å². The molecule has 0 aromatic carbocycles. The normalized spacial score (nSPS) is 12.2. The van der Waals surface area contributed by atoms with Gasteiger partial charge in [-0.1, -0.05) is 0 Å². The van der Waals surface area contributed by atoms with Gasteiger partial charge in [0.2, 0.25) is 0 Å². The Bertz CT molecular complexity index is 481. The fourth-order valence-electron chi connectivity index (χ4n) is 1.65. The number of rotatable bonds is 6. The third-order valence-corrected chi connectivity index (χ3v) is 2.75. The molecule has 152 valence electrons. The quantitative estimate of drug-likeness (QED) is 0.371. The van der Waals surface area contributed by atoms with Crippen molar-refractivity contribution in [3.05, 3.63) is 0 Å². The molecule has 0 heterocycles. The minimum atomic E-state index is -0.519. The van der Waals surface area contributed by atoms with Crippen molar-refractivity contribution < 1.29 is 19.1 Å². The first-order valence-electron chi connectivity index (χ1n) is 8.69. The molecule has 0 spiro atoms. The Morgan fingerprint density at radius 2 is 1.38 bits per heavy atom. The Balaban J connectivity index is 4.00. The second-order valence-corrected chi connectivity index (χ2v) is 7.76. The molecule has 0 aromatic heterocycles. The van der Waals surface area contributed by atoms with Crippen LogP contribution in [0.5, 0.6) is 0 Å². The second-order valence-electron chi connectivity index (χ2n) is 7.76. The van der Waals surface area contributed by atoms with Crippen LogP contribution in [0, 0.1) is 0 Å². The van der Waals surface area contributed by atoms with Gasteiger partial charge in [-0.3, -0.25) is 4.99 Å². The Morgan fingerprint density at radius 3 is 1.88 bits per heavy atom. The first-order valence-corrected chi connectivity index (χ1v) is 8.69. The third kappa shape index (κ3) is 13.1. The molecule has 9 nitrogen and oxygen atoms in total. The molecule has 0 saturated heterocycles. The van der Waals surface area contributed by atoms with E-state index in [1.54, 1.807) is 14.1 Å². The maximum atomic E-state index is 11.9. The Labute approximate surface area is 156 Å². The van der Waals surface area contributed by atoms with Crippen LogP contribution in [0.2, 0.25) is 0 Å². The largest absolute Gasteiger partial charge is 0.444 e. The van der Waals surface area contributed by atoms with Crippen LogP contribution in [-0.4, -0.2) is 74.5 Å². The van der Waals surface area contributed by atoms with E-state index >= 15 is 0 Å². The van der Waals surface area contributed by atoms with Crippen molar-refractivity contribution in [1.82, 2.24) is 20.9 Å². The zero-order chi connectivity index (χ0) is 20.4. The number of amides is 2. The first kappa shape index (κ1) is 23.8. The number of carbonyl (C=O) groups is 2. The van der Waals surface area contributed by atoms with Gasteiger partial charge in [-0.25, -0.2) is 9.59 Å².